The summed E-state index contributed by atoms with van der Waals surface area (Å²) >= 11 is 0. The van der Waals surface area contributed by atoms with Crippen LogP contribution in [0.25, 0.3) is 6.08 Å². The average Bonchev–Trinajstić information content (AvgIpc) is 2.72. The number of carbonyl (C=O) groups excluding carboxylic acids is 3. The highest BCUT2D eigenvalue weighted by atomic mass is 16.5. The van der Waals surface area contributed by atoms with Gasteiger partial charge in [0.25, 0.3) is 5.91 Å². The third-order valence-corrected chi connectivity index (χ3v) is 4.85. The van der Waals surface area contributed by atoms with E-state index in [1.165, 1.54) is 26.4 Å². The molecule has 3 amide bonds. The molecule has 0 unspecified atom stereocenters. The van der Waals surface area contributed by atoms with E-state index in [4.69, 9.17) is 14.2 Å². The van der Waals surface area contributed by atoms with Crippen molar-refractivity contribution < 1.29 is 28.6 Å². The maximum Gasteiger partial charge on any atom is 0.331 e. The fourth-order valence-corrected chi connectivity index (χ4v) is 3.20. The van der Waals surface area contributed by atoms with Crippen molar-refractivity contribution in [1.82, 2.24) is 10.6 Å². The van der Waals surface area contributed by atoms with E-state index in [1.807, 2.05) is 0 Å². The predicted octanol–water partition coefficient (Wildman–Crippen LogP) is 2.66. The van der Waals surface area contributed by atoms with E-state index < -0.39 is 24.5 Å². The van der Waals surface area contributed by atoms with Crippen molar-refractivity contribution in [1.29, 1.82) is 0 Å². The molecule has 0 heterocycles. The normalized spacial score (nSPS) is 18.7. The van der Waals surface area contributed by atoms with Gasteiger partial charge in [-0.15, -0.1) is 0 Å². The Morgan fingerprint density at radius 3 is 2.52 bits per heavy atom. The first-order chi connectivity index (χ1) is 13.9. The second-order valence-corrected chi connectivity index (χ2v) is 6.95. The summed E-state index contributed by atoms with van der Waals surface area (Å²) in [5.41, 5.74) is 0.699. The van der Waals surface area contributed by atoms with Gasteiger partial charge in [0.2, 0.25) is 0 Å². The summed E-state index contributed by atoms with van der Waals surface area (Å²) in [6.07, 6.45) is 6.90. The highest BCUT2D eigenvalue weighted by Crippen LogP contribution is 2.28. The van der Waals surface area contributed by atoms with Crippen LogP contribution in [0.3, 0.4) is 0 Å². The topological polar surface area (TPSA) is 103 Å². The monoisotopic (exact) mass is 404 g/mol. The molecule has 1 saturated carbocycles. The smallest absolute Gasteiger partial charge is 0.331 e. The van der Waals surface area contributed by atoms with Gasteiger partial charge in [-0.2, -0.15) is 0 Å². The Balaban J connectivity index is 1.76. The quantitative estimate of drug-likeness (QED) is 0.535. The molecule has 1 fully saturated rings. The van der Waals surface area contributed by atoms with Gasteiger partial charge in [0.05, 0.1) is 14.2 Å². The number of hydrogen-bond donors (Lipinski definition) is 2. The maximum absolute atomic E-state index is 11.9. The summed E-state index contributed by atoms with van der Waals surface area (Å²) < 4.78 is 15.2. The number of nitrogens with one attached hydrogen (secondary N) is 2. The minimum atomic E-state index is -0.698. The van der Waals surface area contributed by atoms with Crippen LogP contribution in [-0.2, 0) is 14.3 Å². The Morgan fingerprint density at radius 1 is 1.10 bits per heavy atom. The van der Waals surface area contributed by atoms with Gasteiger partial charge >= 0.3 is 12.0 Å². The van der Waals surface area contributed by atoms with Crippen LogP contribution in [0, 0.1) is 5.92 Å². The molecule has 1 aromatic carbocycles. The molecular weight excluding hydrogens is 376 g/mol. The molecule has 2 rings (SSSR count). The van der Waals surface area contributed by atoms with E-state index >= 15 is 0 Å². The van der Waals surface area contributed by atoms with Crippen molar-refractivity contribution in [2.24, 2.45) is 5.92 Å². The van der Waals surface area contributed by atoms with Crippen molar-refractivity contribution in [3.63, 3.8) is 0 Å². The summed E-state index contributed by atoms with van der Waals surface area (Å²) in [5, 5.41) is 4.99. The number of urea groups is 1. The third kappa shape index (κ3) is 7.14. The number of carbonyl (C=O) groups is 3. The van der Waals surface area contributed by atoms with Crippen molar-refractivity contribution in [2.45, 2.75) is 38.6 Å². The summed E-state index contributed by atoms with van der Waals surface area (Å²) in [5.74, 6) is 0.102. The molecular formula is C21H28N2O6. The second kappa shape index (κ2) is 11.1. The highest BCUT2D eigenvalue weighted by molar-refractivity contribution is 5.96. The molecule has 0 aromatic heterocycles. The number of amides is 3. The third-order valence-electron chi connectivity index (χ3n) is 4.85. The summed E-state index contributed by atoms with van der Waals surface area (Å²) in [7, 11) is 3.05. The van der Waals surface area contributed by atoms with Crippen molar-refractivity contribution >= 4 is 24.0 Å². The zero-order valence-electron chi connectivity index (χ0n) is 17.0. The molecule has 1 aliphatic rings. The minimum absolute atomic E-state index is 0.0588. The van der Waals surface area contributed by atoms with Crippen LogP contribution in [0.4, 0.5) is 4.79 Å². The van der Waals surface area contributed by atoms with Crippen LogP contribution < -0.4 is 20.1 Å². The first-order valence-electron chi connectivity index (χ1n) is 9.60. The summed E-state index contributed by atoms with van der Waals surface area (Å²) in [6, 6.07) is 4.65. The number of benzene rings is 1. The average molecular weight is 404 g/mol. The Bertz CT molecular complexity index is 762. The molecule has 2 N–H and O–H groups in total. The van der Waals surface area contributed by atoms with Crippen molar-refractivity contribution in [3.05, 3.63) is 29.8 Å². The van der Waals surface area contributed by atoms with Gasteiger partial charge in [0.1, 0.15) is 0 Å². The predicted molar refractivity (Wildman–Crippen MR) is 108 cm³/mol. The van der Waals surface area contributed by atoms with E-state index in [0.717, 1.165) is 25.7 Å². The number of hydrogen-bond acceptors (Lipinski definition) is 6. The molecule has 0 spiro atoms. The lowest BCUT2D eigenvalue weighted by molar-refractivity contribution is -0.143. The van der Waals surface area contributed by atoms with Crippen molar-refractivity contribution in [2.75, 3.05) is 20.8 Å². The van der Waals surface area contributed by atoms with Gasteiger partial charge in [-0.05, 0) is 42.5 Å². The Labute approximate surface area is 170 Å². The van der Waals surface area contributed by atoms with Crippen LogP contribution in [0.5, 0.6) is 11.5 Å². The number of ether oxygens (including phenoxy) is 3. The van der Waals surface area contributed by atoms with E-state index in [9.17, 15) is 14.4 Å². The molecule has 8 nitrogen and oxygen atoms in total. The Hall–Kier alpha value is -3.03. The molecule has 158 valence electrons. The molecule has 29 heavy (non-hydrogen) atoms. The molecule has 2 atom stereocenters. The standard InChI is InChI=1S/C21H28N2O6/c1-14-6-4-5-7-16(14)22-21(26)23-19(24)13-29-20(25)11-9-15-8-10-17(27-2)18(12-15)28-3/h8-12,14,16H,4-7,13H2,1-3H3,(H2,22,23,24,26)/b11-9+/t14-,16+/m0/s1. The fraction of sp³-hybridized carbons (Fsp3) is 0.476. The fourth-order valence-electron chi connectivity index (χ4n) is 3.20. The van der Waals surface area contributed by atoms with E-state index in [2.05, 4.69) is 17.6 Å². The first-order valence-corrected chi connectivity index (χ1v) is 9.60. The molecule has 0 aliphatic heterocycles. The highest BCUT2D eigenvalue weighted by Gasteiger charge is 2.23. The van der Waals surface area contributed by atoms with Crippen LogP contribution in [-0.4, -0.2) is 44.8 Å². The maximum atomic E-state index is 11.9. The molecule has 8 heteroatoms. The number of esters is 1. The minimum Gasteiger partial charge on any atom is -0.493 e. The van der Waals surface area contributed by atoms with Gasteiger partial charge in [0.15, 0.2) is 18.1 Å². The van der Waals surface area contributed by atoms with Gasteiger partial charge in [-0.1, -0.05) is 25.8 Å². The van der Waals surface area contributed by atoms with Crippen LogP contribution in [0.1, 0.15) is 38.2 Å². The Kier molecular flexibility index (Phi) is 8.51. The van der Waals surface area contributed by atoms with Gasteiger partial charge < -0.3 is 19.5 Å². The lowest BCUT2D eigenvalue weighted by atomic mass is 9.86. The molecule has 1 aromatic rings. The summed E-state index contributed by atoms with van der Waals surface area (Å²) in [4.78, 5) is 35.5. The van der Waals surface area contributed by atoms with E-state index in [-0.39, 0.29) is 6.04 Å². The molecule has 0 bridgehead atoms. The van der Waals surface area contributed by atoms with Crippen LogP contribution in [0.15, 0.2) is 24.3 Å². The number of methoxy groups -OCH3 is 2. The van der Waals surface area contributed by atoms with E-state index in [1.54, 1.807) is 18.2 Å². The molecule has 1 aliphatic carbocycles. The molecule has 0 radical (unpaired) electrons. The lowest BCUT2D eigenvalue weighted by Gasteiger charge is -2.29. The van der Waals surface area contributed by atoms with Crippen LogP contribution in [0.2, 0.25) is 0 Å². The second-order valence-electron chi connectivity index (χ2n) is 6.95. The van der Waals surface area contributed by atoms with Crippen molar-refractivity contribution in [3.8, 4) is 11.5 Å². The largest absolute Gasteiger partial charge is 0.493 e. The summed E-state index contributed by atoms with van der Waals surface area (Å²) in [6.45, 7) is 1.54. The first kappa shape index (κ1) is 22.3. The lowest BCUT2D eigenvalue weighted by Crippen LogP contribution is -2.48. The van der Waals surface area contributed by atoms with Gasteiger partial charge in [0, 0.05) is 12.1 Å². The van der Waals surface area contributed by atoms with Crippen LogP contribution >= 0.6 is 0 Å². The Morgan fingerprint density at radius 2 is 1.83 bits per heavy atom. The van der Waals surface area contributed by atoms with Gasteiger partial charge in [-0.3, -0.25) is 10.1 Å². The molecule has 0 saturated heterocycles. The zero-order chi connectivity index (χ0) is 21.2. The number of imide groups is 1. The van der Waals surface area contributed by atoms with Gasteiger partial charge in [-0.25, -0.2) is 9.59 Å². The van der Waals surface area contributed by atoms with E-state index in [0.29, 0.717) is 23.0 Å². The SMILES string of the molecule is COc1ccc(/C=C/C(=O)OCC(=O)NC(=O)N[C@@H]2CCCC[C@@H]2C)cc1OC. The number of rotatable bonds is 7. The zero-order valence-corrected chi connectivity index (χ0v) is 17.0.